The number of methoxy groups -OCH3 is 1. The predicted octanol–water partition coefficient (Wildman–Crippen LogP) is 3.03. The maximum atomic E-state index is 5.40. The third kappa shape index (κ3) is 1.11. The number of fused-ring (bicyclic) bond motifs is 3. The van der Waals surface area contributed by atoms with Gasteiger partial charge in [0.1, 0.15) is 5.75 Å². The Morgan fingerprint density at radius 2 is 2.06 bits per heavy atom. The van der Waals surface area contributed by atoms with Gasteiger partial charge in [-0.2, -0.15) is 0 Å². The number of hydrogen-bond donors (Lipinski definition) is 1. The molecular formula is C13H12N2O. The lowest BCUT2D eigenvalue weighted by molar-refractivity contribution is 0.416. The van der Waals surface area contributed by atoms with Crippen molar-refractivity contribution in [2.45, 2.75) is 6.92 Å². The van der Waals surface area contributed by atoms with Gasteiger partial charge in [-0.15, -0.1) is 0 Å². The summed E-state index contributed by atoms with van der Waals surface area (Å²) in [5.74, 6) is 0.917. The fourth-order valence-corrected chi connectivity index (χ4v) is 2.19. The minimum Gasteiger partial charge on any atom is -0.494 e. The first kappa shape index (κ1) is 9.21. The van der Waals surface area contributed by atoms with Crippen molar-refractivity contribution < 1.29 is 4.74 Å². The monoisotopic (exact) mass is 212 g/mol. The molecule has 0 atom stereocenters. The molecule has 1 N–H and O–H groups in total. The standard InChI is InChI=1S/C13H12N2O/c1-8-13(16-2)10-5-6-11-9(12(10)15-8)4-3-7-14-11/h3-7,15H,1-2H3. The van der Waals surface area contributed by atoms with Crippen LogP contribution in [0.15, 0.2) is 30.5 Å². The van der Waals surface area contributed by atoms with Gasteiger partial charge in [0.25, 0.3) is 0 Å². The van der Waals surface area contributed by atoms with Crippen LogP contribution in [0.4, 0.5) is 0 Å². The van der Waals surface area contributed by atoms with E-state index in [1.807, 2.05) is 25.1 Å². The van der Waals surface area contributed by atoms with Crippen LogP contribution in [-0.4, -0.2) is 17.1 Å². The summed E-state index contributed by atoms with van der Waals surface area (Å²) in [6, 6.07) is 8.09. The molecule has 16 heavy (non-hydrogen) atoms. The highest BCUT2D eigenvalue weighted by Gasteiger charge is 2.10. The summed E-state index contributed by atoms with van der Waals surface area (Å²) in [7, 11) is 1.70. The van der Waals surface area contributed by atoms with E-state index in [1.54, 1.807) is 13.3 Å². The minimum absolute atomic E-state index is 0.917. The number of benzene rings is 1. The van der Waals surface area contributed by atoms with Crippen molar-refractivity contribution in [3.63, 3.8) is 0 Å². The van der Waals surface area contributed by atoms with Gasteiger partial charge in [-0.3, -0.25) is 4.98 Å². The average molecular weight is 212 g/mol. The highest BCUT2D eigenvalue weighted by atomic mass is 16.5. The Hall–Kier alpha value is -2.03. The number of nitrogens with one attached hydrogen (secondary N) is 1. The van der Waals surface area contributed by atoms with Crippen molar-refractivity contribution in [1.29, 1.82) is 0 Å². The van der Waals surface area contributed by atoms with Gasteiger partial charge in [-0.05, 0) is 31.2 Å². The number of H-pyrrole nitrogens is 1. The summed E-state index contributed by atoms with van der Waals surface area (Å²) in [6.07, 6.45) is 1.81. The van der Waals surface area contributed by atoms with Gasteiger partial charge in [-0.1, -0.05) is 0 Å². The summed E-state index contributed by atoms with van der Waals surface area (Å²) >= 11 is 0. The lowest BCUT2D eigenvalue weighted by Gasteiger charge is -1.99. The first-order chi connectivity index (χ1) is 7.81. The topological polar surface area (TPSA) is 37.9 Å². The highest BCUT2D eigenvalue weighted by molar-refractivity contribution is 6.06. The molecule has 2 heterocycles. The maximum absolute atomic E-state index is 5.40. The molecule has 3 rings (SSSR count). The van der Waals surface area contributed by atoms with Gasteiger partial charge in [0.15, 0.2) is 0 Å². The molecule has 0 saturated carbocycles. The quantitative estimate of drug-likeness (QED) is 0.673. The molecule has 0 aliphatic carbocycles. The van der Waals surface area contributed by atoms with E-state index in [1.165, 1.54) is 0 Å². The van der Waals surface area contributed by atoms with Gasteiger partial charge in [0, 0.05) is 17.0 Å². The van der Waals surface area contributed by atoms with Crippen LogP contribution in [0.1, 0.15) is 5.69 Å². The zero-order chi connectivity index (χ0) is 11.1. The van der Waals surface area contributed by atoms with Crippen LogP contribution in [0, 0.1) is 6.92 Å². The Bertz CT molecular complexity index is 670. The molecule has 80 valence electrons. The second kappa shape index (κ2) is 3.23. The normalized spacial score (nSPS) is 11.1. The Morgan fingerprint density at radius 1 is 1.19 bits per heavy atom. The Morgan fingerprint density at radius 3 is 2.88 bits per heavy atom. The smallest absolute Gasteiger partial charge is 0.147 e. The van der Waals surface area contributed by atoms with E-state index in [4.69, 9.17) is 4.74 Å². The van der Waals surface area contributed by atoms with Gasteiger partial charge >= 0.3 is 0 Å². The molecule has 0 saturated heterocycles. The minimum atomic E-state index is 0.917. The molecule has 0 radical (unpaired) electrons. The second-order valence-corrected chi connectivity index (χ2v) is 3.84. The lowest BCUT2D eigenvalue weighted by Crippen LogP contribution is -1.82. The van der Waals surface area contributed by atoms with E-state index >= 15 is 0 Å². The van der Waals surface area contributed by atoms with Gasteiger partial charge in [0.05, 0.1) is 23.8 Å². The van der Waals surface area contributed by atoms with Crippen LogP contribution in [0.2, 0.25) is 0 Å². The molecule has 0 aliphatic rings. The molecule has 1 aromatic carbocycles. The fraction of sp³-hybridized carbons (Fsp3) is 0.154. The Balaban J connectivity index is 2.52. The lowest BCUT2D eigenvalue weighted by atomic mass is 10.1. The molecule has 3 aromatic rings. The molecule has 0 spiro atoms. The van der Waals surface area contributed by atoms with Crippen molar-refractivity contribution in [2.75, 3.05) is 7.11 Å². The SMILES string of the molecule is COc1c(C)[nH]c2c1ccc1ncccc12. The molecule has 2 aromatic heterocycles. The number of nitrogens with zero attached hydrogens (tertiary/aromatic N) is 1. The molecule has 0 unspecified atom stereocenters. The van der Waals surface area contributed by atoms with Crippen LogP contribution in [-0.2, 0) is 0 Å². The van der Waals surface area contributed by atoms with Gasteiger partial charge in [-0.25, -0.2) is 0 Å². The van der Waals surface area contributed by atoms with Crippen LogP contribution >= 0.6 is 0 Å². The molecular weight excluding hydrogens is 200 g/mol. The number of ether oxygens (including phenoxy) is 1. The van der Waals surface area contributed by atoms with Gasteiger partial charge < -0.3 is 9.72 Å². The van der Waals surface area contributed by atoms with Crippen LogP contribution in [0.5, 0.6) is 5.75 Å². The highest BCUT2D eigenvalue weighted by Crippen LogP contribution is 2.33. The number of rotatable bonds is 1. The third-order valence-corrected chi connectivity index (χ3v) is 2.89. The third-order valence-electron chi connectivity index (χ3n) is 2.89. The zero-order valence-electron chi connectivity index (χ0n) is 9.24. The average Bonchev–Trinajstić information content (AvgIpc) is 2.65. The first-order valence-electron chi connectivity index (χ1n) is 5.21. The summed E-state index contributed by atoms with van der Waals surface area (Å²) < 4.78 is 5.40. The van der Waals surface area contributed by atoms with Gasteiger partial charge in [0.2, 0.25) is 0 Å². The fourth-order valence-electron chi connectivity index (χ4n) is 2.19. The second-order valence-electron chi connectivity index (χ2n) is 3.84. The van der Waals surface area contributed by atoms with Crippen molar-refractivity contribution in [2.24, 2.45) is 0 Å². The van der Waals surface area contributed by atoms with E-state index < -0.39 is 0 Å². The van der Waals surface area contributed by atoms with Crippen LogP contribution in [0.3, 0.4) is 0 Å². The zero-order valence-corrected chi connectivity index (χ0v) is 9.24. The predicted molar refractivity (Wildman–Crippen MR) is 64.9 cm³/mol. The van der Waals surface area contributed by atoms with E-state index in [9.17, 15) is 0 Å². The number of aromatic amines is 1. The molecule has 0 aliphatic heterocycles. The van der Waals surface area contributed by atoms with E-state index in [0.29, 0.717) is 0 Å². The van der Waals surface area contributed by atoms with Crippen LogP contribution in [0.25, 0.3) is 21.8 Å². The molecule has 0 amide bonds. The summed E-state index contributed by atoms with van der Waals surface area (Å²) in [4.78, 5) is 7.69. The largest absolute Gasteiger partial charge is 0.494 e. The van der Waals surface area contributed by atoms with E-state index in [0.717, 1.165) is 33.2 Å². The summed E-state index contributed by atoms with van der Waals surface area (Å²) in [6.45, 7) is 2.01. The van der Waals surface area contributed by atoms with E-state index in [-0.39, 0.29) is 0 Å². The van der Waals surface area contributed by atoms with Crippen molar-refractivity contribution in [3.8, 4) is 5.75 Å². The Labute approximate surface area is 93.1 Å². The molecule has 0 bridgehead atoms. The number of pyridine rings is 1. The molecule has 0 fully saturated rings. The maximum Gasteiger partial charge on any atom is 0.147 e. The molecule has 3 heteroatoms. The first-order valence-corrected chi connectivity index (χ1v) is 5.21. The molecule has 3 nitrogen and oxygen atoms in total. The number of aryl methyl sites for hydroxylation is 1. The summed E-state index contributed by atoms with van der Waals surface area (Å²) in [5.41, 5.74) is 3.15. The number of aromatic nitrogens is 2. The van der Waals surface area contributed by atoms with Crippen molar-refractivity contribution in [1.82, 2.24) is 9.97 Å². The number of hydrogen-bond acceptors (Lipinski definition) is 2. The van der Waals surface area contributed by atoms with Crippen molar-refractivity contribution >= 4 is 21.8 Å². The van der Waals surface area contributed by atoms with Crippen LogP contribution < -0.4 is 4.74 Å². The van der Waals surface area contributed by atoms with Crippen molar-refractivity contribution in [3.05, 3.63) is 36.2 Å². The van der Waals surface area contributed by atoms with E-state index in [2.05, 4.69) is 16.0 Å². The summed E-state index contributed by atoms with van der Waals surface area (Å²) in [5, 5.41) is 2.24. The Kier molecular flexibility index (Phi) is 1.86.